The Labute approximate surface area is 456 Å². The maximum Gasteiger partial charge on any atom is 0.143 e. The Bertz CT molecular complexity index is 5010. The van der Waals surface area contributed by atoms with E-state index in [0.717, 1.165) is 83.2 Å². The first-order chi connectivity index (χ1) is 39.1. The van der Waals surface area contributed by atoms with Gasteiger partial charge in [0.15, 0.2) is 0 Å². The molecule has 3 heterocycles. The molecule has 1 aliphatic heterocycles. The fourth-order valence-corrected chi connectivity index (χ4v) is 13.3. The molecule has 0 amide bonds. The summed E-state index contributed by atoms with van der Waals surface area (Å²) in [4.78, 5) is 0. The van der Waals surface area contributed by atoms with Gasteiger partial charge in [0.1, 0.15) is 23.0 Å². The lowest BCUT2D eigenvalue weighted by atomic mass is 9.80. The third-order valence-electron chi connectivity index (χ3n) is 17.1. The fourth-order valence-electron chi connectivity index (χ4n) is 13.3. The van der Waals surface area contributed by atoms with Crippen molar-refractivity contribution in [3.05, 3.63) is 290 Å². The van der Waals surface area contributed by atoms with Crippen molar-refractivity contribution in [1.29, 1.82) is 0 Å². The number of ether oxygens (including phenoxy) is 1. The van der Waals surface area contributed by atoms with Crippen LogP contribution in [-0.4, -0.2) is 10.7 Å². The van der Waals surface area contributed by atoms with Crippen LogP contribution in [0.3, 0.4) is 0 Å². The van der Waals surface area contributed by atoms with Crippen LogP contribution in [0.5, 0.6) is 5.75 Å². The summed E-state index contributed by atoms with van der Waals surface area (Å²) in [5.74, 6) is 0.954. The van der Waals surface area contributed by atoms with Crippen LogP contribution >= 0.6 is 0 Å². The summed E-state index contributed by atoms with van der Waals surface area (Å²) in [6.45, 7) is 0. The molecule has 0 saturated carbocycles. The largest absolute Gasteiger partial charge is 0.484 e. The van der Waals surface area contributed by atoms with Crippen LogP contribution in [0.25, 0.3) is 137 Å². The monoisotopic (exact) mass is 1010 g/mol. The van der Waals surface area contributed by atoms with Crippen molar-refractivity contribution in [3.8, 4) is 55.9 Å². The van der Waals surface area contributed by atoms with Crippen LogP contribution in [0.1, 0.15) is 22.6 Å². The molecule has 1 aliphatic carbocycles. The van der Waals surface area contributed by atoms with Crippen LogP contribution in [0.4, 0.5) is 0 Å². The summed E-state index contributed by atoms with van der Waals surface area (Å²) in [7, 11) is 0. The van der Waals surface area contributed by atoms with Gasteiger partial charge in [-0.15, -0.1) is 0 Å². The van der Waals surface area contributed by atoms with Crippen molar-refractivity contribution in [2.75, 3.05) is 0 Å². The third kappa shape index (κ3) is 6.86. The molecule has 0 saturated heterocycles. The van der Waals surface area contributed by atoms with Crippen molar-refractivity contribution in [1.82, 2.24) is 4.57 Å². The van der Waals surface area contributed by atoms with Crippen LogP contribution in [0.15, 0.2) is 277 Å². The molecule has 2 atom stereocenters. The number of aromatic nitrogens is 1. The van der Waals surface area contributed by atoms with Crippen LogP contribution in [0.2, 0.25) is 0 Å². The SMILES string of the molecule is C1=C(c2ccccc2)C=C(c2ccc3c(c2)c2cc(-c4cc(-c5ccccc5)cc5c4oc4ccc(-c6ccccc6)cc45)ccc2n3-c2ccc3ccc4cccc5ccc2c3c45)C2Oc3ccc(-c4ccccc4)cc3C12. The summed E-state index contributed by atoms with van der Waals surface area (Å²) in [6, 6.07) is 95.4. The zero-order valence-corrected chi connectivity index (χ0v) is 42.9. The van der Waals surface area contributed by atoms with Crippen molar-refractivity contribution in [2.45, 2.75) is 12.0 Å². The van der Waals surface area contributed by atoms with E-state index in [-0.39, 0.29) is 12.0 Å². The molecule has 79 heavy (non-hydrogen) atoms. The van der Waals surface area contributed by atoms with Crippen molar-refractivity contribution < 1.29 is 9.15 Å². The van der Waals surface area contributed by atoms with Gasteiger partial charge in [0, 0.05) is 49.5 Å². The maximum absolute atomic E-state index is 7.13. The second kappa shape index (κ2) is 17.1. The summed E-state index contributed by atoms with van der Waals surface area (Å²) in [5, 5.41) is 12.1. The molecule has 0 N–H and O–H groups in total. The highest BCUT2D eigenvalue weighted by Crippen LogP contribution is 2.51. The summed E-state index contributed by atoms with van der Waals surface area (Å²) >= 11 is 0. The smallest absolute Gasteiger partial charge is 0.143 e. The minimum absolute atomic E-state index is 0.0154. The first-order valence-corrected chi connectivity index (χ1v) is 27.4. The molecule has 368 valence electrons. The molecule has 13 aromatic carbocycles. The Morgan fingerprint density at radius 1 is 0.354 bits per heavy atom. The van der Waals surface area contributed by atoms with E-state index in [1.165, 1.54) is 76.7 Å². The van der Waals surface area contributed by atoms with E-state index in [0.29, 0.717) is 0 Å². The number of furan rings is 1. The highest BCUT2D eigenvalue weighted by molar-refractivity contribution is 6.25. The Morgan fingerprint density at radius 2 is 0.911 bits per heavy atom. The van der Waals surface area contributed by atoms with Crippen LogP contribution in [0, 0.1) is 0 Å². The van der Waals surface area contributed by atoms with Gasteiger partial charge >= 0.3 is 0 Å². The fraction of sp³-hybridized carbons (Fsp3) is 0.0263. The Balaban J connectivity index is 0.905. The predicted molar refractivity (Wildman–Crippen MR) is 330 cm³/mol. The van der Waals surface area contributed by atoms with Crippen molar-refractivity contribution in [2.24, 2.45) is 0 Å². The highest BCUT2D eigenvalue weighted by atomic mass is 16.5. The topological polar surface area (TPSA) is 27.3 Å². The number of fused-ring (bicyclic) bond motifs is 9. The Morgan fingerprint density at radius 3 is 1.62 bits per heavy atom. The minimum atomic E-state index is -0.211. The van der Waals surface area contributed by atoms with E-state index in [9.17, 15) is 0 Å². The molecule has 0 bridgehead atoms. The lowest BCUT2D eigenvalue weighted by Crippen LogP contribution is -2.22. The Kier molecular flexibility index (Phi) is 9.54. The van der Waals surface area contributed by atoms with Gasteiger partial charge in [-0.25, -0.2) is 0 Å². The average Bonchev–Trinajstić information content (AvgIpc) is 4.43. The Hall–Kier alpha value is -10.2. The van der Waals surface area contributed by atoms with E-state index in [4.69, 9.17) is 9.15 Å². The maximum atomic E-state index is 7.13. The van der Waals surface area contributed by atoms with Gasteiger partial charge in [0.2, 0.25) is 0 Å². The van der Waals surface area contributed by atoms with Crippen LogP contribution < -0.4 is 4.74 Å². The number of benzene rings is 13. The van der Waals surface area contributed by atoms with Gasteiger partial charge in [-0.2, -0.15) is 0 Å². The molecule has 0 radical (unpaired) electrons. The molecule has 0 spiro atoms. The molecule has 0 fully saturated rings. The van der Waals surface area contributed by atoms with Gasteiger partial charge in [-0.05, 0) is 155 Å². The lowest BCUT2D eigenvalue weighted by molar-refractivity contribution is 0.278. The number of rotatable bonds is 7. The molecule has 3 heteroatoms. The van der Waals surface area contributed by atoms with Crippen molar-refractivity contribution >= 4 is 87.2 Å². The lowest BCUT2D eigenvalue weighted by Gasteiger charge is -2.26. The second-order valence-corrected chi connectivity index (χ2v) is 21.5. The first kappa shape index (κ1) is 44.0. The summed E-state index contributed by atoms with van der Waals surface area (Å²) < 4.78 is 16.6. The zero-order valence-electron chi connectivity index (χ0n) is 42.9. The molecule has 2 aliphatic rings. The van der Waals surface area contributed by atoms with E-state index < -0.39 is 0 Å². The number of nitrogens with zero attached hydrogens (tertiary/aromatic N) is 1. The first-order valence-electron chi connectivity index (χ1n) is 27.4. The molecule has 3 nitrogen and oxygen atoms in total. The van der Waals surface area contributed by atoms with E-state index >= 15 is 0 Å². The molecule has 2 unspecified atom stereocenters. The van der Waals surface area contributed by atoms with Gasteiger partial charge in [0.05, 0.1) is 16.7 Å². The minimum Gasteiger partial charge on any atom is -0.484 e. The molecule has 17 rings (SSSR count). The summed E-state index contributed by atoms with van der Waals surface area (Å²) in [5.41, 5.74) is 20.3. The quantitative estimate of drug-likeness (QED) is 0.149. The van der Waals surface area contributed by atoms with E-state index in [2.05, 4.69) is 278 Å². The van der Waals surface area contributed by atoms with E-state index in [1.807, 2.05) is 0 Å². The summed E-state index contributed by atoms with van der Waals surface area (Å²) in [6.07, 6.45) is 4.60. The predicted octanol–water partition coefficient (Wildman–Crippen LogP) is 20.3. The van der Waals surface area contributed by atoms with Gasteiger partial charge < -0.3 is 13.7 Å². The van der Waals surface area contributed by atoms with Gasteiger partial charge in [-0.1, -0.05) is 200 Å². The normalized spacial score (nSPS) is 15.1. The van der Waals surface area contributed by atoms with E-state index in [1.54, 1.807) is 0 Å². The number of hydrogen-bond donors (Lipinski definition) is 0. The molecular formula is C76H47NO2. The highest BCUT2D eigenvalue weighted by Gasteiger charge is 2.39. The zero-order chi connectivity index (χ0) is 51.7. The van der Waals surface area contributed by atoms with Gasteiger partial charge in [-0.3, -0.25) is 0 Å². The number of hydrogen-bond acceptors (Lipinski definition) is 2. The molecule has 15 aromatic rings. The second-order valence-electron chi connectivity index (χ2n) is 21.5. The van der Waals surface area contributed by atoms with Crippen molar-refractivity contribution in [3.63, 3.8) is 0 Å². The average molecular weight is 1010 g/mol. The standard InChI is InChI=1S/C76H47NO2/c1-5-14-46(15-6-1)53-30-36-71-64(38-53)66-44-57(48-18-9-3-10-19-48)42-60(75(66)78-71)55-28-34-69-62(40-55)63-41-56(29-35-70(63)77(69)68-33-27-52-25-24-50-22-13-23-51-26-32-59(68)74(52)73(50)51)61-43-58(49-20-11-4-12-21-49)45-67-65-39-54(47-16-7-2-8-17-47)31-37-72(65)79-76(61)67/h1-45,66,75H. The molecule has 2 aromatic heterocycles. The van der Waals surface area contributed by atoms with Crippen LogP contribution in [-0.2, 0) is 0 Å². The number of allylic oxidation sites excluding steroid dienone is 2. The molecular weight excluding hydrogens is 959 g/mol. The third-order valence-corrected chi connectivity index (χ3v) is 17.1. The van der Waals surface area contributed by atoms with Gasteiger partial charge in [0.25, 0.3) is 0 Å².